The molecular formula is C27H37N3O8. The molecule has 1 aromatic rings. The highest BCUT2D eigenvalue weighted by atomic mass is 16.6. The van der Waals surface area contributed by atoms with Crippen LogP contribution >= 0.6 is 0 Å². The molecule has 3 atom stereocenters. The lowest BCUT2D eigenvalue weighted by Crippen LogP contribution is -2.56. The minimum absolute atomic E-state index is 0.0270. The van der Waals surface area contributed by atoms with Gasteiger partial charge in [0.2, 0.25) is 0 Å². The lowest BCUT2D eigenvalue weighted by Gasteiger charge is -2.44. The van der Waals surface area contributed by atoms with Crippen LogP contribution in [-0.4, -0.2) is 66.6 Å². The summed E-state index contributed by atoms with van der Waals surface area (Å²) in [6.45, 7) is 10.0. The van der Waals surface area contributed by atoms with Crippen LogP contribution in [0.2, 0.25) is 0 Å². The van der Waals surface area contributed by atoms with E-state index in [9.17, 15) is 24.5 Å². The number of nitro groups is 1. The third-order valence-electron chi connectivity index (χ3n) is 6.25. The van der Waals surface area contributed by atoms with Crippen molar-refractivity contribution in [2.75, 3.05) is 26.9 Å². The van der Waals surface area contributed by atoms with Crippen LogP contribution in [0.25, 0.3) is 0 Å². The zero-order valence-corrected chi connectivity index (χ0v) is 23.0. The number of aldehydes is 1. The lowest BCUT2D eigenvalue weighted by molar-refractivity contribution is -0.384. The van der Waals surface area contributed by atoms with Crippen molar-refractivity contribution in [2.24, 2.45) is 11.1 Å². The Morgan fingerprint density at radius 2 is 1.87 bits per heavy atom. The largest absolute Gasteiger partial charge is 0.460 e. The highest BCUT2D eigenvalue weighted by Crippen LogP contribution is 2.41. The number of esters is 2. The Morgan fingerprint density at radius 1 is 1.21 bits per heavy atom. The second-order valence-electron chi connectivity index (χ2n) is 10.4. The highest BCUT2D eigenvalue weighted by molar-refractivity contribution is 5.93. The van der Waals surface area contributed by atoms with Gasteiger partial charge in [-0.1, -0.05) is 18.2 Å². The van der Waals surface area contributed by atoms with Crippen molar-refractivity contribution < 1.29 is 33.5 Å². The van der Waals surface area contributed by atoms with E-state index in [0.717, 1.165) is 0 Å². The second kappa shape index (κ2) is 12.3. The molecule has 0 fully saturated rings. The van der Waals surface area contributed by atoms with Gasteiger partial charge < -0.3 is 29.6 Å². The van der Waals surface area contributed by atoms with E-state index in [1.165, 1.54) is 25.3 Å². The van der Waals surface area contributed by atoms with Gasteiger partial charge in [-0.3, -0.25) is 10.1 Å². The molecule has 0 aromatic heterocycles. The van der Waals surface area contributed by atoms with Gasteiger partial charge >= 0.3 is 11.9 Å². The molecule has 0 saturated carbocycles. The molecule has 0 bridgehead atoms. The molecule has 0 spiro atoms. The first-order valence-electron chi connectivity index (χ1n) is 12.2. The van der Waals surface area contributed by atoms with Crippen LogP contribution in [0.5, 0.6) is 0 Å². The molecule has 1 heterocycles. The van der Waals surface area contributed by atoms with E-state index in [1.54, 1.807) is 58.6 Å². The monoisotopic (exact) mass is 531 g/mol. The van der Waals surface area contributed by atoms with E-state index < -0.39 is 39.8 Å². The summed E-state index contributed by atoms with van der Waals surface area (Å²) >= 11 is 0. The number of ether oxygens (including phenoxy) is 3. The molecule has 1 aliphatic rings. The first kappa shape index (κ1) is 30.7. The van der Waals surface area contributed by atoms with Gasteiger partial charge in [-0.15, -0.1) is 0 Å². The van der Waals surface area contributed by atoms with Gasteiger partial charge in [0.25, 0.3) is 5.69 Å². The Morgan fingerprint density at radius 3 is 2.39 bits per heavy atom. The van der Waals surface area contributed by atoms with E-state index in [-0.39, 0.29) is 31.0 Å². The molecule has 1 aromatic carbocycles. The summed E-state index contributed by atoms with van der Waals surface area (Å²) in [5.74, 6) is -2.10. The maximum Gasteiger partial charge on any atom is 0.336 e. The SMILES string of the molecule is COCCOC(=O)C1=C(C)N(C(C(=O)OC(C)(C)C)C(C)(C=O)CN)C(C)=CC1c1cccc([N+](=O)[O-])c1. The number of rotatable bonds is 11. The Kier molecular flexibility index (Phi) is 9.93. The molecule has 2 rings (SSSR count). The van der Waals surface area contributed by atoms with Gasteiger partial charge in [-0.2, -0.15) is 0 Å². The fourth-order valence-corrected chi connectivity index (χ4v) is 4.34. The van der Waals surface area contributed by atoms with E-state index in [1.807, 2.05) is 0 Å². The van der Waals surface area contributed by atoms with Crippen molar-refractivity contribution in [3.63, 3.8) is 0 Å². The first-order chi connectivity index (χ1) is 17.7. The van der Waals surface area contributed by atoms with Crippen LogP contribution in [0.4, 0.5) is 5.69 Å². The number of carbonyl (C=O) groups excluding carboxylic acids is 3. The fourth-order valence-electron chi connectivity index (χ4n) is 4.34. The number of allylic oxidation sites excluding steroid dienone is 3. The average Bonchev–Trinajstić information content (AvgIpc) is 2.84. The fraction of sp³-hybridized carbons (Fsp3) is 0.519. The molecule has 0 aliphatic carbocycles. The molecule has 2 N–H and O–H groups in total. The van der Waals surface area contributed by atoms with Crippen LogP contribution in [0, 0.1) is 15.5 Å². The summed E-state index contributed by atoms with van der Waals surface area (Å²) in [4.78, 5) is 51.7. The number of hydrogen-bond acceptors (Lipinski definition) is 10. The maximum absolute atomic E-state index is 13.5. The molecule has 1 aliphatic heterocycles. The van der Waals surface area contributed by atoms with Crippen molar-refractivity contribution in [3.05, 3.63) is 63.0 Å². The number of hydrogen-bond donors (Lipinski definition) is 1. The standard InChI is InChI=1S/C27H37N3O8/c1-17-13-21(19-9-8-10-20(14-19)30(34)35)22(24(32)37-12-11-36-7)18(2)29(17)23(27(6,15-28)16-31)25(33)38-26(3,4)5/h8-10,13-14,16,21,23H,11-12,15,28H2,1-7H3. The molecule has 11 heteroatoms. The number of benzene rings is 1. The molecule has 11 nitrogen and oxygen atoms in total. The number of non-ortho nitro benzene ring substituents is 1. The minimum Gasteiger partial charge on any atom is -0.460 e. The van der Waals surface area contributed by atoms with Gasteiger partial charge in [0.1, 0.15) is 24.5 Å². The van der Waals surface area contributed by atoms with Crippen LogP contribution < -0.4 is 5.73 Å². The van der Waals surface area contributed by atoms with Crippen molar-refractivity contribution >= 4 is 23.9 Å². The van der Waals surface area contributed by atoms with Crippen molar-refractivity contribution in [1.82, 2.24) is 4.90 Å². The molecule has 208 valence electrons. The topological polar surface area (TPSA) is 151 Å². The number of carbonyl (C=O) groups is 3. The predicted octanol–water partition coefficient (Wildman–Crippen LogP) is 3.24. The maximum atomic E-state index is 13.5. The highest BCUT2D eigenvalue weighted by Gasteiger charge is 2.48. The van der Waals surface area contributed by atoms with Crippen LogP contribution in [0.15, 0.2) is 47.3 Å². The van der Waals surface area contributed by atoms with Gasteiger partial charge in [0, 0.05) is 43.1 Å². The van der Waals surface area contributed by atoms with E-state index in [2.05, 4.69) is 0 Å². The Labute approximate surface area is 222 Å². The summed E-state index contributed by atoms with van der Waals surface area (Å²) in [5.41, 5.74) is 5.14. The molecule has 38 heavy (non-hydrogen) atoms. The Balaban J connectivity index is 2.77. The number of nitro benzene ring substituents is 1. The average molecular weight is 532 g/mol. The van der Waals surface area contributed by atoms with E-state index in [0.29, 0.717) is 23.2 Å². The van der Waals surface area contributed by atoms with Crippen LogP contribution in [-0.2, 0) is 28.6 Å². The van der Waals surface area contributed by atoms with Crippen LogP contribution in [0.1, 0.15) is 53.0 Å². The summed E-state index contributed by atoms with van der Waals surface area (Å²) in [7, 11) is 1.47. The molecule has 0 saturated heterocycles. The number of nitrogens with zero attached hydrogens (tertiary/aromatic N) is 2. The van der Waals surface area contributed by atoms with Crippen molar-refractivity contribution in [3.8, 4) is 0 Å². The summed E-state index contributed by atoms with van der Waals surface area (Å²) in [6.07, 6.45) is 2.32. The molecule has 3 unspecified atom stereocenters. The smallest absolute Gasteiger partial charge is 0.336 e. The third-order valence-corrected chi connectivity index (χ3v) is 6.25. The van der Waals surface area contributed by atoms with Gasteiger partial charge in [-0.25, -0.2) is 9.59 Å². The summed E-state index contributed by atoms with van der Waals surface area (Å²) in [5, 5.41) is 11.4. The summed E-state index contributed by atoms with van der Waals surface area (Å²) < 4.78 is 16.1. The normalized spacial score (nSPS) is 18.3. The van der Waals surface area contributed by atoms with Gasteiger partial charge in [0.05, 0.1) is 22.5 Å². The molecule has 0 radical (unpaired) electrons. The minimum atomic E-state index is -1.37. The summed E-state index contributed by atoms with van der Waals surface area (Å²) in [6, 6.07) is 4.76. The molecular weight excluding hydrogens is 494 g/mol. The zero-order chi connectivity index (χ0) is 28.8. The van der Waals surface area contributed by atoms with E-state index >= 15 is 0 Å². The number of nitrogens with two attached hydrogens (primary N) is 1. The Hall–Kier alpha value is -3.57. The lowest BCUT2D eigenvalue weighted by atomic mass is 9.79. The van der Waals surface area contributed by atoms with Gasteiger partial charge in [-0.05, 0) is 47.1 Å². The van der Waals surface area contributed by atoms with Crippen molar-refractivity contribution in [1.29, 1.82) is 0 Å². The molecule has 0 amide bonds. The second-order valence-corrected chi connectivity index (χ2v) is 10.4. The van der Waals surface area contributed by atoms with Crippen LogP contribution in [0.3, 0.4) is 0 Å². The third kappa shape index (κ3) is 6.84. The first-order valence-corrected chi connectivity index (χ1v) is 12.2. The predicted molar refractivity (Wildman–Crippen MR) is 140 cm³/mol. The quantitative estimate of drug-likeness (QED) is 0.148. The zero-order valence-electron chi connectivity index (χ0n) is 23.0. The van der Waals surface area contributed by atoms with E-state index in [4.69, 9.17) is 19.9 Å². The Bertz CT molecular complexity index is 1140. The van der Waals surface area contributed by atoms with Crippen molar-refractivity contribution in [2.45, 2.75) is 59.1 Å². The van der Waals surface area contributed by atoms with Gasteiger partial charge in [0.15, 0.2) is 0 Å². The number of methoxy groups -OCH3 is 1.